The van der Waals surface area contributed by atoms with Crippen LogP contribution in [0.3, 0.4) is 0 Å². The first-order chi connectivity index (χ1) is 6.72. The molecule has 1 saturated carbocycles. The predicted molar refractivity (Wildman–Crippen MR) is 53.9 cm³/mol. The van der Waals surface area contributed by atoms with Crippen LogP contribution < -0.4 is 5.73 Å². The lowest BCUT2D eigenvalue weighted by Crippen LogP contribution is -2.50. The summed E-state index contributed by atoms with van der Waals surface area (Å²) in [7, 11) is 0. The lowest BCUT2D eigenvalue weighted by atomic mass is 9.65. The fourth-order valence-electron chi connectivity index (χ4n) is 2.34. The Kier molecular flexibility index (Phi) is 2.33. The van der Waals surface area contributed by atoms with Gasteiger partial charge in [-0.1, -0.05) is 0 Å². The molecule has 0 aromatic carbocycles. The van der Waals surface area contributed by atoms with Crippen LogP contribution >= 0.6 is 0 Å². The van der Waals surface area contributed by atoms with Crippen LogP contribution in [0.5, 0.6) is 0 Å². The Morgan fingerprint density at radius 3 is 2.93 bits per heavy atom. The van der Waals surface area contributed by atoms with Crippen molar-refractivity contribution in [2.45, 2.75) is 37.8 Å². The summed E-state index contributed by atoms with van der Waals surface area (Å²) in [6.07, 6.45) is 5.07. The van der Waals surface area contributed by atoms with Crippen LogP contribution in [0.4, 0.5) is 0 Å². The van der Waals surface area contributed by atoms with Crippen LogP contribution in [0.1, 0.15) is 25.5 Å². The zero-order valence-corrected chi connectivity index (χ0v) is 8.48. The Balaban J connectivity index is 2.28. The third-order valence-corrected chi connectivity index (χ3v) is 3.24. The van der Waals surface area contributed by atoms with Crippen molar-refractivity contribution in [2.24, 2.45) is 5.73 Å². The van der Waals surface area contributed by atoms with Gasteiger partial charge in [-0.3, -0.25) is 0 Å². The molecule has 0 unspecified atom stereocenters. The van der Waals surface area contributed by atoms with Crippen molar-refractivity contribution in [1.29, 1.82) is 0 Å². The van der Waals surface area contributed by atoms with E-state index in [4.69, 9.17) is 5.73 Å². The summed E-state index contributed by atoms with van der Waals surface area (Å²) in [6, 6.07) is 0. The Labute approximate surface area is 83.8 Å². The van der Waals surface area contributed by atoms with E-state index in [9.17, 15) is 5.11 Å². The lowest BCUT2D eigenvalue weighted by molar-refractivity contribution is 0.0184. The molecule has 78 valence electrons. The van der Waals surface area contributed by atoms with Crippen molar-refractivity contribution in [2.75, 3.05) is 6.54 Å². The number of aryl methyl sites for hydroxylation is 1. The molecular formula is C10H17N3O. The minimum atomic E-state index is -0.182. The number of rotatable bonds is 3. The third kappa shape index (κ3) is 1.26. The maximum atomic E-state index is 9.39. The molecule has 0 atom stereocenters. The minimum absolute atomic E-state index is 0.0219. The van der Waals surface area contributed by atoms with E-state index in [2.05, 4.69) is 16.5 Å². The van der Waals surface area contributed by atoms with Gasteiger partial charge in [-0.15, -0.1) is 0 Å². The monoisotopic (exact) mass is 195 g/mol. The van der Waals surface area contributed by atoms with Gasteiger partial charge in [0.15, 0.2) is 0 Å². The van der Waals surface area contributed by atoms with Crippen LogP contribution in [-0.2, 0) is 12.0 Å². The van der Waals surface area contributed by atoms with Gasteiger partial charge in [0.1, 0.15) is 0 Å². The number of aliphatic hydroxyl groups is 1. The summed E-state index contributed by atoms with van der Waals surface area (Å²) < 4.78 is 2.11. The van der Waals surface area contributed by atoms with E-state index < -0.39 is 0 Å². The molecule has 4 nitrogen and oxygen atoms in total. The second kappa shape index (κ2) is 3.37. The highest BCUT2D eigenvalue weighted by atomic mass is 16.3. The van der Waals surface area contributed by atoms with Crippen LogP contribution in [-0.4, -0.2) is 27.3 Å². The Morgan fingerprint density at radius 2 is 2.43 bits per heavy atom. The van der Waals surface area contributed by atoms with Crippen LogP contribution in [0.15, 0.2) is 12.5 Å². The molecule has 14 heavy (non-hydrogen) atoms. The van der Waals surface area contributed by atoms with E-state index >= 15 is 0 Å². The van der Waals surface area contributed by atoms with Gasteiger partial charge in [0.25, 0.3) is 0 Å². The second-order valence-corrected chi connectivity index (χ2v) is 4.11. The first-order valence-electron chi connectivity index (χ1n) is 5.10. The van der Waals surface area contributed by atoms with E-state index in [0.29, 0.717) is 6.54 Å². The molecule has 1 aliphatic rings. The van der Waals surface area contributed by atoms with Gasteiger partial charge in [0.05, 0.1) is 12.4 Å². The van der Waals surface area contributed by atoms with Gasteiger partial charge in [0, 0.05) is 30.4 Å². The van der Waals surface area contributed by atoms with E-state index in [0.717, 1.165) is 19.4 Å². The number of aromatic nitrogens is 2. The summed E-state index contributed by atoms with van der Waals surface area (Å²) >= 11 is 0. The highest BCUT2D eigenvalue weighted by Gasteiger charge is 2.45. The zero-order valence-electron chi connectivity index (χ0n) is 8.48. The zero-order chi connectivity index (χ0) is 10.2. The Hall–Kier alpha value is -0.870. The predicted octanol–water partition coefficient (Wildman–Crippen LogP) is 0.254. The van der Waals surface area contributed by atoms with Gasteiger partial charge in [-0.25, -0.2) is 4.98 Å². The highest BCUT2D eigenvalue weighted by molar-refractivity contribution is 5.22. The Bertz CT molecular complexity index is 315. The van der Waals surface area contributed by atoms with E-state index in [1.165, 1.54) is 5.69 Å². The van der Waals surface area contributed by atoms with Crippen molar-refractivity contribution in [3.8, 4) is 0 Å². The molecule has 1 aromatic heterocycles. The van der Waals surface area contributed by atoms with Gasteiger partial charge >= 0.3 is 0 Å². The molecule has 1 aliphatic carbocycles. The SMILES string of the molecule is CCn1cncc1C1(CN)CC(O)C1. The maximum Gasteiger partial charge on any atom is 0.0948 e. The topological polar surface area (TPSA) is 64.1 Å². The molecule has 3 N–H and O–H groups in total. The number of hydrogen-bond donors (Lipinski definition) is 2. The Morgan fingerprint density at radius 1 is 1.71 bits per heavy atom. The summed E-state index contributed by atoms with van der Waals surface area (Å²) in [5, 5.41) is 9.39. The van der Waals surface area contributed by atoms with Crippen molar-refractivity contribution >= 4 is 0 Å². The van der Waals surface area contributed by atoms with Gasteiger partial charge < -0.3 is 15.4 Å². The van der Waals surface area contributed by atoms with Crippen LogP contribution in [0, 0.1) is 0 Å². The summed E-state index contributed by atoms with van der Waals surface area (Å²) in [5.74, 6) is 0. The van der Waals surface area contributed by atoms with Crippen LogP contribution in [0.25, 0.3) is 0 Å². The van der Waals surface area contributed by atoms with Crippen molar-refractivity contribution in [1.82, 2.24) is 9.55 Å². The molecule has 0 bridgehead atoms. The largest absolute Gasteiger partial charge is 0.393 e. The minimum Gasteiger partial charge on any atom is -0.393 e. The molecule has 0 radical (unpaired) electrons. The van der Waals surface area contributed by atoms with E-state index in [1.807, 2.05) is 12.5 Å². The molecule has 4 heteroatoms. The number of nitrogens with two attached hydrogens (primary N) is 1. The first-order valence-corrected chi connectivity index (χ1v) is 5.10. The summed E-state index contributed by atoms with van der Waals surface area (Å²) in [5.41, 5.74) is 6.95. The van der Waals surface area contributed by atoms with Gasteiger partial charge in [0.2, 0.25) is 0 Å². The smallest absolute Gasteiger partial charge is 0.0948 e. The number of nitrogens with zero attached hydrogens (tertiary/aromatic N) is 2. The molecule has 1 aromatic rings. The quantitative estimate of drug-likeness (QED) is 0.727. The average Bonchev–Trinajstić information content (AvgIpc) is 2.60. The average molecular weight is 195 g/mol. The highest BCUT2D eigenvalue weighted by Crippen LogP contribution is 2.42. The standard InChI is InChI=1S/C10H17N3O/c1-2-13-7-12-5-9(13)10(6-11)3-8(14)4-10/h5,7-8,14H,2-4,6,11H2,1H3. The molecule has 1 fully saturated rings. The molecular weight excluding hydrogens is 178 g/mol. The summed E-state index contributed by atoms with van der Waals surface area (Å²) in [6.45, 7) is 3.59. The fourth-order valence-corrected chi connectivity index (χ4v) is 2.34. The molecule has 1 heterocycles. The number of aliphatic hydroxyl groups excluding tert-OH is 1. The van der Waals surface area contributed by atoms with E-state index in [-0.39, 0.29) is 11.5 Å². The maximum absolute atomic E-state index is 9.39. The van der Waals surface area contributed by atoms with Crippen molar-refractivity contribution < 1.29 is 5.11 Å². The third-order valence-electron chi connectivity index (χ3n) is 3.24. The first kappa shape index (κ1) is 9.68. The van der Waals surface area contributed by atoms with Gasteiger partial charge in [-0.05, 0) is 19.8 Å². The molecule has 0 amide bonds. The van der Waals surface area contributed by atoms with Crippen molar-refractivity contribution in [3.63, 3.8) is 0 Å². The van der Waals surface area contributed by atoms with E-state index in [1.54, 1.807) is 0 Å². The summed E-state index contributed by atoms with van der Waals surface area (Å²) in [4.78, 5) is 4.14. The number of hydrogen-bond acceptors (Lipinski definition) is 3. The molecule has 2 rings (SSSR count). The van der Waals surface area contributed by atoms with Gasteiger partial charge in [-0.2, -0.15) is 0 Å². The molecule has 0 aliphatic heterocycles. The normalized spacial score (nSPS) is 31.5. The van der Waals surface area contributed by atoms with Crippen LogP contribution in [0.2, 0.25) is 0 Å². The fraction of sp³-hybridized carbons (Fsp3) is 0.700. The molecule has 0 saturated heterocycles. The second-order valence-electron chi connectivity index (χ2n) is 4.11. The number of imidazole rings is 1. The van der Waals surface area contributed by atoms with Crippen molar-refractivity contribution in [3.05, 3.63) is 18.2 Å². The lowest BCUT2D eigenvalue weighted by Gasteiger charge is -2.44. The molecule has 0 spiro atoms.